The van der Waals surface area contributed by atoms with Crippen LogP contribution in [0.4, 0.5) is 25.0 Å². The van der Waals surface area contributed by atoms with Gasteiger partial charge in [-0.05, 0) is 56.5 Å². The number of rotatable bonds is 4. The quantitative estimate of drug-likeness (QED) is 0.462. The van der Waals surface area contributed by atoms with Gasteiger partial charge in [0, 0.05) is 19.6 Å². The van der Waals surface area contributed by atoms with E-state index in [-0.39, 0.29) is 45.9 Å². The van der Waals surface area contributed by atoms with E-state index in [9.17, 15) is 23.2 Å². The number of methoxy groups -OCH3 is 1. The molecule has 206 valence electrons. The molecule has 0 aromatic heterocycles. The predicted octanol–water partition coefficient (Wildman–Crippen LogP) is 5.31. The molecule has 38 heavy (non-hydrogen) atoms. The highest BCUT2D eigenvalue weighted by Gasteiger charge is 2.29. The van der Waals surface area contributed by atoms with E-state index in [1.165, 1.54) is 42.3 Å². The number of carbonyl (C=O) groups is 3. The van der Waals surface area contributed by atoms with Gasteiger partial charge in [-0.3, -0.25) is 9.59 Å². The third-order valence-electron chi connectivity index (χ3n) is 6.31. The molecule has 2 aliphatic rings. The van der Waals surface area contributed by atoms with Crippen LogP contribution < -0.4 is 16.0 Å². The van der Waals surface area contributed by atoms with E-state index in [0.717, 1.165) is 19.4 Å². The van der Waals surface area contributed by atoms with Crippen molar-refractivity contribution < 1.29 is 27.9 Å². The molecule has 0 bridgehead atoms. The standard InChI is InChI=1S/C14H16ClFN2O3.C12H14ClFN2O/c1-21-14(20)18-7-3-4-9(8-18)13(19)17-11-6-2-5-10(16)12(11)15;13-11-9(14)4-1-5-10(11)16-12(17)8-3-2-6-15-7-8/h2,5-6,9H,3-4,7-8H2,1H3,(H,17,19);1,4-5,8,15H,2-3,6-7H2,(H,16,17)/t9-;8-/m00/s1. The Morgan fingerprint density at radius 3 is 2.00 bits per heavy atom. The number of hydrogen-bond acceptors (Lipinski definition) is 5. The number of hydrogen-bond donors (Lipinski definition) is 3. The lowest BCUT2D eigenvalue weighted by molar-refractivity contribution is -0.121. The van der Waals surface area contributed by atoms with Crippen molar-refractivity contribution in [3.63, 3.8) is 0 Å². The maximum atomic E-state index is 13.3. The van der Waals surface area contributed by atoms with E-state index in [1.807, 2.05) is 0 Å². The fourth-order valence-corrected chi connectivity index (χ4v) is 4.58. The van der Waals surface area contributed by atoms with E-state index in [0.29, 0.717) is 31.6 Å². The molecular weight excluding hydrogens is 541 g/mol. The summed E-state index contributed by atoms with van der Waals surface area (Å²) in [7, 11) is 1.30. The van der Waals surface area contributed by atoms with Gasteiger partial charge in [0.15, 0.2) is 0 Å². The van der Waals surface area contributed by atoms with Gasteiger partial charge in [-0.25, -0.2) is 13.6 Å². The summed E-state index contributed by atoms with van der Waals surface area (Å²) in [5, 5.41) is 8.28. The van der Waals surface area contributed by atoms with Gasteiger partial charge in [0.1, 0.15) is 11.6 Å². The van der Waals surface area contributed by atoms with Crippen LogP contribution in [0.15, 0.2) is 36.4 Å². The van der Waals surface area contributed by atoms with Crippen molar-refractivity contribution in [1.29, 1.82) is 0 Å². The molecule has 2 heterocycles. The van der Waals surface area contributed by atoms with Crippen LogP contribution in [0.5, 0.6) is 0 Å². The predicted molar refractivity (Wildman–Crippen MR) is 142 cm³/mol. The number of amides is 3. The van der Waals surface area contributed by atoms with Crippen LogP contribution in [-0.2, 0) is 14.3 Å². The van der Waals surface area contributed by atoms with Gasteiger partial charge >= 0.3 is 6.09 Å². The number of likely N-dealkylation sites (tertiary alicyclic amines) is 1. The number of nitrogens with zero attached hydrogens (tertiary/aromatic N) is 1. The topological polar surface area (TPSA) is 99.8 Å². The summed E-state index contributed by atoms with van der Waals surface area (Å²) in [5.41, 5.74) is 0.569. The molecule has 2 fully saturated rings. The number of piperidine rings is 2. The highest BCUT2D eigenvalue weighted by molar-refractivity contribution is 6.34. The zero-order valence-electron chi connectivity index (χ0n) is 20.9. The van der Waals surface area contributed by atoms with E-state index in [4.69, 9.17) is 23.2 Å². The first-order chi connectivity index (χ1) is 18.2. The fraction of sp³-hybridized carbons (Fsp3) is 0.423. The van der Waals surface area contributed by atoms with E-state index in [1.54, 1.807) is 6.07 Å². The van der Waals surface area contributed by atoms with Crippen LogP contribution in [0.2, 0.25) is 10.0 Å². The van der Waals surface area contributed by atoms with Gasteiger partial charge < -0.3 is 25.6 Å². The summed E-state index contributed by atoms with van der Waals surface area (Å²) in [6, 6.07) is 8.61. The third kappa shape index (κ3) is 8.02. The van der Waals surface area contributed by atoms with Crippen molar-refractivity contribution >= 4 is 52.5 Å². The molecule has 2 saturated heterocycles. The molecule has 2 aliphatic heterocycles. The molecule has 0 saturated carbocycles. The monoisotopic (exact) mass is 570 g/mol. The lowest BCUT2D eigenvalue weighted by Gasteiger charge is -2.30. The number of ether oxygens (including phenoxy) is 1. The van der Waals surface area contributed by atoms with Crippen LogP contribution in [0, 0.1) is 23.5 Å². The average Bonchev–Trinajstić information content (AvgIpc) is 2.94. The zero-order chi connectivity index (χ0) is 27.7. The molecule has 0 radical (unpaired) electrons. The molecule has 2 atom stereocenters. The third-order valence-corrected chi connectivity index (χ3v) is 7.08. The molecule has 8 nitrogen and oxygen atoms in total. The number of benzene rings is 2. The van der Waals surface area contributed by atoms with Crippen LogP contribution in [0.3, 0.4) is 0 Å². The Morgan fingerprint density at radius 1 is 0.921 bits per heavy atom. The summed E-state index contributed by atoms with van der Waals surface area (Å²) < 4.78 is 31.2. The van der Waals surface area contributed by atoms with Gasteiger partial charge in [-0.2, -0.15) is 0 Å². The minimum Gasteiger partial charge on any atom is -0.453 e. The molecular formula is C26H30Cl2F2N4O4. The van der Waals surface area contributed by atoms with Gasteiger partial charge in [-0.15, -0.1) is 0 Å². The maximum Gasteiger partial charge on any atom is 0.409 e. The first-order valence-corrected chi connectivity index (χ1v) is 13.0. The average molecular weight is 571 g/mol. The lowest BCUT2D eigenvalue weighted by atomic mass is 9.97. The van der Waals surface area contributed by atoms with Crippen molar-refractivity contribution in [2.24, 2.45) is 11.8 Å². The molecule has 0 spiro atoms. The van der Waals surface area contributed by atoms with E-state index < -0.39 is 17.7 Å². The number of nitrogens with one attached hydrogen (secondary N) is 3. The summed E-state index contributed by atoms with van der Waals surface area (Å²) >= 11 is 11.6. The van der Waals surface area contributed by atoms with Crippen molar-refractivity contribution in [2.45, 2.75) is 25.7 Å². The van der Waals surface area contributed by atoms with Crippen LogP contribution in [0.25, 0.3) is 0 Å². The Balaban J connectivity index is 0.000000215. The molecule has 2 aromatic carbocycles. The number of carbonyl (C=O) groups excluding carboxylic acids is 3. The summed E-state index contributed by atoms with van der Waals surface area (Å²) in [5.74, 6) is -1.93. The Labute approximate surface area is 230 Å². The highest BCUT2D eigenvalue weighted by Crippen LogP contribution is 2.27. The van der Waals surface area contributed by atoms with Crippen LogP contribution in [-0.4, -0.2) is 56.1 Å². The van der Waals surface area contributed by atoms with E-state index in [2.05, 4.69) is 20.7 Å². The smallest absolute Gasteiger partial charge is 0.409 e. The molecule has 4 rings (SSSR count). The fourth-order valence-electron chi connectivity index (χ4n) is 4.23. The molecule has 0 aliphatic carbocycles. The highest BCUT2D eigenvalue weighted by atomic mass is 35.5. The van der Waals surface area contributed by atoms with Crippen LogP contribution >= 0.6 is 23.2 Å². The van der Waals surface area contributed by atoms with E-state index >= 15 is 0 Å². The number of halogens is 4. The van der Waals surface area contributed by atoms with Gasteiger partial charge in [0.2, 0.25) is 11.8 Å². The lowest BCUT2D eigenvalue weighted by Crippen LogP contribution is -2.43. The van der Waals surface area contributed by atoms with Gasteiger partial charge in [0.25, 0.3) is 0 Å². The number of anilines is 2. The largest absolute Gasteiger partial charge is 0.453 e. The van der Waals surface area contributed by atoms with Crippen molar-refractivity contribution in [3.8, 4) is 0 Å². The molecule has 3 N–H and O–H groups in total. The first kappa shape index (κ1) is 29.6. The summed E-state index contributed by atoms with van der Waals surface area (Å²) in [6.07, 6.45) is 2.76. The van der Waals surface area contributed by atoms with Crippen molar-refractivity contribution in [1.82, 2.24) is 10.2 Å². The second kappa shape index (κ2) is 14.3. The van der Waals surface area contributed by atoms with Gasteiger partial charge in [-0.1, -0.05) is 35.3 Å². The minimum absolute atomic E-state index is 0.0374. The molecule has 12 heteroatoms. The second-order valence-electron chi connectivity index (χ2n) is 8.98. The SMILES string of the molecule is COC(=O)N1CCC[C@H](C(=O)Nc2cccc(F)c2Cl)C1.O=C(Nc1cccc(F)c1Cl)[C@H]1CCCNC1. The van der Waals surface area contributed by atoms with Crippen molar-refractivity contribution in [2.75, 3.05) is 43.9 Å². The molecule has 3 amide bonds. The van der Waals surface area contributed by atoms with Crippen molar-refractivity contribution in [3.05, 3.63) is 58.1 Å². The molecule has 2 aromatic rings. The van der Waals surface area contributed by atoms with Crippen LogP contribution in [0.1, 0.15) is 25.7 Å². The zero-order valence-corrected chi connectivity index (χ0v) is 22.4. The molecule has 0 unspecified atom stereocenters. The Kier molecular flexibility index (Phi) is 11.1. The normalized spacial score (nSPS) is 19.0. The first-order valence-electron chi connectivity index (χ1n) is 12.2. The second-order valence-corrected chi connectivity index (χ2v) is 9.74. The summed E-state index contributed by atoms with van der Waals surface area (Å²) in [6.45, 7) is 2.46. The maximum absolute atomic E-state index is 13.3. The Morgan fingerprint density at radius 2 is 1.47 bits per heavy atom. The van der Waals surface area contributed by atoms with Gasteiger partial charge in [0.05, 0.1) is 40.4 Å². The minimum atomic E-state index is -0.589. The Bertz CT molecular complexity index is 1150. The summed E-state index contributed by atoms with van der Waals surface area (Å²) in [4.78, 5) is 37.1. The Hall–Kier alpha value is -2.95.